The van der Waals surface area contributed by atoms with Gasteiger partial charge in [-0.3, -0.25) is 14.7 Å². The maximum absolute atomic E-state index is 12.3. The van der Waals surface area contributed by atoms with Crippen LogP contribution in [0.4, 0.5) is 0 Å². The molecule has 3 heterocycles. The summed E-state index contributed by atoms with van der Waals surface area (Å²) in [6, 6.07) is 3.48. The van der Waals surface area contributed by atoms with Crippen molar-refractivity contribution in [2.24, 2.45) is 5.92 Å². The van der Waals surface area contributed by atoms with E-state index in [1.54, 1.807) is 23.0 Å². The van der Waals surface area contributed by atoms with Crippen molar-refractivity contribution in [3.05, 3.63) is 45.6 Å². The zero-order chi connectivity index (χ0) is 17.2. The van der Waals surface area contributed by atoms with Crippen molar-refractivity contribution < 1.29 is 4.79 Å². The number of nitrogens with one attached hydrogen (secondary N) is 1. The average Bonchev–Trinajstić information content (AvgIpc) is 3.17. The molecule has 0 aromatic carbocycles. The first-order chi connectivity index (χ1) is 12.2. The maximum atomic E-state index is 12.3. The Balaban J connectivity index is 1.39. The number of amides is 1. The molecular weight excluding hydrogens is 318 g/mol. The van der Waals surface area contributed by atoms with Crippen LogP contribution < -0.4 is 5.56 Å². The fourth-order valence-electron chi connectivity index (χ4n) is 3.84. The van der Waals surface area contributed by atoms with E-state index in [2.05, 4.69) is 15.3 Å². The van der Waals surface area contributed by atoms with Crippen molar-refractivity contribution in [1.29, 1.82) is 0 Å². The molecule has 1 amide bonds. The van der Waals surface area contributed by atoms with Crippen molar-refractivity contribution in [3.63, 3.8) is 0 Å². The Bertz CT molecular complexity index is 803. The molecule has 0 radical (unpaired) electrons. The summed E-state index contributed by atoms with van der Waals surface area (Å²) in [5.41, 5.74) is 2.77. The topological polar surface area (TPSA) is 83.9 Å². The van der Waals surface area contributed by atoms with Gasteiger partial charge in [0.05, 0.1) is 5.69 Å². The molecule has 7 nitrogen and oxygen atoms in total. The highest BCUT2D eigenvalue weighted by Gasteiger charge is 2.25. The molecule has 0 unspecified atom stereocenters. The lowest BCUT2D eigenvalue weighted by molar-refractivity contribution is 0.0674. The lowest BCUT2D eigenvalue weighted by atomic mass is 9.95. The van der Waals surface area contributed by atoms with E-state index in [1.807, 2.05) is 4.90 Å². The third-order valence-corrected chi connectivity index (χ3v) is 5.34. The molecule has 1 N–H and O–H groups in total. The molecule has 4 rings (SSSR count). The minimum atomic E-state index is 0.0000210. The number of likely N-dealkylation sites (tertiary alicyclic amines) is 1. The van der Waals surface area contributed by atoms with Gasteiger partial charge in [-0.2, -0.15) is 10.2 Å². The summed E-state index contributed by atoms with van der Waals surface area (Å²) in [6.07, 6.45) is 7.65. The van der Waals surface area contributed by atoms with Gasteiger partial charge in [-0.1, -0.05) is 0 Å². The van der Waals surface area contributed by atoms with Crippen LogP contribution >= 0.6 is 0 Å². The first kappa shape index (κ1) is 16.1. The lowest BCUT2D eigenvalue weighted by Gasteiger charge is -2.31. The molecule has 132 valence electrons. The summed E-state index contributed by atoms with van der Waals surface area (Å²) in [4.78, 5) is 26.5. The lowest BCUT2D eigenvalue weighted by Crippen LogP contribution is -2.40. The van der Waals surface area contributed by atoms with E-state index in [0.717, 1.165) is 49.8 Å². The highest BCUT2D eigenvalue weighted by Crippen LogP contribution is 2.21. The van der Waals surface area contributed by atoms with Crippen LogP contribution in [-0.4, -0.2) is 43.9 Å². The number of hydrogen-bond donors (Lipinski definition) is 1. The van der Waals surface area contributed by atoms with Crippen molar-refractivity contribution >= 4 is 5.91 Å². The van der Waals surface area contributed by atoms with Gasteiger partial charge in [-0.15, -0.1) is 0 Å². The van der Waals surface area contributed by atoms with Crippen LogP contribution in [0.25, 0.3) is 0 Å². The molecule has 25 heavy (non-hydrogen) atoms. The highest BCUT2D eigenvalue weighted by atomic mass is 16.2. The Morgan fingerprint density at radius 2 is 2.04 bits per heavy atom. The van der Waals surface area contributed by atoms with E-state index in [4.69, 9.17) is 0 Å². The van der Waals surface area contributed by atoms with Gasteiger partial charge in [0.2, 0.25) is 0 Å². The Morgan fingerprint density at radius 1 is 1.24 bits per heavy atom. The molecule has 0 spiro atoms. The molecule has 0 atom stereocenters. The van der Waals surface area contributed by atoms with Gasteiger partial charge in [-0.25, -0.2) is 4.68 Å². The van der Waals surface area contributed by atoms with Gasteiger partial charge < -0.3 is 4.90 Å². The number of fused-ring (bicyclic) bond motifs is 1. The smallest absolute Gasteiger partial charge is 0.271 e. The van der Waals surface area contributed by atoms with E-state index in [1.165, 1.54) is 0 Å². The number of piperidine rings is 1. The third kappa shape index (κ3) is 3.36. The van der Waals surface area contributed by atoms with E-state index in [0.29, 0.717) is 31.2 Å². The van der Waals surface area contributed by atoms with Crippen LogP contribution in [0.3, 0.4) is 0 Å². The average molecular weight is 341 g/mol. The minimum absolute atomic E-state index is 0.0000210. The summed E-state index contributed by atoms with van der Waals surface area (Å²) in [6.45, 7) is 2.07. The second kappa shape index (κ2) is 6.82. The van der Waals surface area contributed by atoms with Crippen LogP contribution in [0.2, 0.25) is 0 Å². The van der Waals surface area contributed by atoms with Crippen LogP contribution in [0.5, 0.6) is 0 Å². The summed E-state index contributed by atoms with van der Waals surface area (Å²) >= 11 is 0. The summed E-state index contributed by atoms with van der Waals surface area (Å²) < 4.78 is 1.64. The largest absolute Gasteiger partial charge is 0.337 e. The Morgan fingerprint density at radius 3 is 2.80 bits per heavy atom. The number of aromatic amines is 1. The number of carbonyl (C=O) groups excluding carboxylic acids is 1. The van der Waals surface area contributed by atoms with E-state index in [-0.39, 0.29) is 11.5 Å². The Hall–Kier alpha value is -2.44. The molecule has 2 aromatic rings. The van der Waals surface area contributed by atoms with Crippen molar-refractivity contribution in [1.82, 2.24) is 24.9 Å². The zero-order valence-corrected chi connectivity index (χ0v) is 14.3. The van der Waals surface area contributed by atoms with Crippen molar-refractivity contribution in [2.45, 2.75) is 45.1 Å². The zero-order valence-electron chi connectivity index (χ0n) is 14.3. The van der Waals surface area contributed by atoms with Crippen molar-refractivity contribution in [2.75, 3.05) is 13.1 Å². The van der Waals surface area contributed by atoms with Crippen LogP contribution in [0, 0.1) is 5.92 Å². The normalized spacial score (nSPS) is 18.2. The molecule has 1 saturated heterocycles. The van der Waals surface area contributed by atoms with E-state index in [9.17, 15) is 9.59 Å². The first-order valence-corrected chi connectivity index (χ1v) is 9.09. The molecule has 1 fully saturated rings. The Labute approximate surface area is 146 Å². The van der Waals surface area contributed by atoms with E-state index < -0.39 is 0 Å². The molecular formula is C18H23N5O2. The third-order valence-electron chi connectivity index (χ3n) is 5.34. The number of aromatic nitrogens is 4. The fraction of sp³-hybridized carbons (Fsp3) is 0.556. The maximum Gasteiger partial charge on any atom is 0.271 e. The van der Waals surface area contributed by atoms with Gasteiger partial charge >= 0.3 is 0 Å². The van der Waals surface area contributed by atoms with Crippen LogP contribution in [0.15, 0.2) is 23.1 Å². The molecule has 0 bridgehead atoms. The first-order valence-electron chi connectivity index (χ1n) is 9.09. The predicted molar refractivity (Wildman–Crippen MR) is 92.4 cm³/mol. The van der Waals surface area contributed by atoms with Gasteiger partial charge in [0, 0.05) is 31.9 Å². The quantitative estimate of drug-likeness (QED) is 0.914. The molecule has 0 saturated carbocycles. The highest BCUT2D eigenvalue weighted by molar-refractivity contribution is 5.92. The molecule has 2 aromatic heterocycles. The summed E-state index contributed by atoms with van der Waals surface area (Å²) in [5.74, 6) is 0.387. The fourth-order valence-corrected chi connectivity index (χ4v) is 3.84. The number of H-pyrrole nitrogens is 1. The van der Waals surface area contributed by atoms with Gasteiger partial charge in [-0.05, 0) is 56.1 Å². The molecule has 1 aliphatic heterocycles. The number of carbonyl (C=O) groups is 1. The van der Waals surface area contributed by atoms with E-state index >= 15 is 0 Å². The van der Waals surface area contributed by atoms with Gasteiger partial charge in [0.15, 0.2) is 0 Å². The second-order valence-electron chi connectivity index (χ2n) is 7.05. The summed E-state index contributed by atoms with van der Waals surface area (Å²) in [5, 5.41) is 11.2. The SMILES string of the molecule is O=C(c1ccn[nH]1)N1CCC(Cn2nc3c(cc2=O)CCCC3)CC1. The monoisotopic (exact) mass is 341 g/mol. The van der Waals surface area contributed by atoms with Gasteiger partial charge in [0.1, 0.15) is 5.69 Å². The second-order valence-corrected chi connectivity index (χ2v) is 7.05. The van der Waals surface area contributed by atoms with Crippen LogP contribution in [-0.2, 0) is 19.4 Å². The van der Waals surface area contributed by atoms with Crippen LogP contribution in [0.1, 0.15) is 47.4 Å². The number of rotatable bonds is 3. The molecule has 1 aliphatic carbocycles. The number of hydrogen-bond acceptors (Lipinski definition) is 4. The standard InChI is InChI=1S/C18H23N5O2/c24-17-11-14-3-1-2-4-15(14)21-23(17)12-13-6-9-22(10-7-13)18(25)16-5-8-19-20-16/h5,8,11,13H,1-4,6-7,9-10,12H2,(H,19,20). The van der Waals surface area contributed by atoms with Crippen molar-refractivity contribution in [3.8, 4) is 0 Å². The summed E-state index contributed by atoms with van der Waals surface area (Å²) in [7, 11) is 0. The van der Waals surface area contributed by atoms with Gasteiger partial charge in [0.25, 0.3) is 11.5 Å². The number of aryl methyl sites for hydroxylation is 2. The molecule has 2 aliphatic rings. The Kier molecular flexibility index (Phi) is 4.38. The minimum Gasteiger partial charge on any atom is -0.337 e. The predicted octanol–water partition coefficient (Wildman–Crippen LogP) is 1.40. The molecule has 7 heteroatoms. The number of nitrogens with zero attached hydrogens (tertiary/aromatic N) is 4.